The topological polar surface area (TPSA) is 38.0 Å². The van der Waals surface area contributed by atoms with Crippen molar-refractivity contribution in [2.24, 2.45) is 0 Å². The molecule has 0 aliphatic heterocycles. The Morgan fingerprint density at radius 1 is 1.40 bits per heavy atom. The molecule has 0 saturated carbocycles. The maximum Gasteiger partial charge on any atom is 0.0696 e. The van der Waals surface area contributed by atoms with Gasteiger partial charge in [0.25, 0.3) is 0 Å². The van der Waals surface area contributed by atoms with Gasteiger partial charge in [0.15, 0.2) is 0 Å². The van der Waals surface area contributed by atoms with Gasteiger partial charge in [0, 0.05) is 11.2 Å². The molecule has 78 valence electrons. The Bertz CT molecular complexity index is 479. The molecular weight excluding hydrogens is 212 g/mol. The fraction of sp³-hybridized carbons (Fsp3) is 0.182. The molecule has 0 radical (unpaired) electrons. The third-order valence-corrected chi connectivity index (χ3v) is 2.55. The molecular formula is C11H11ClN2O. The zero-order chi connectivity index (χ0) is 10.8. The summed E-state index contributed by atoms with van der Waals surface area (Å²) < 4.78 is 1.75. The second kappa shape index (κ2) is 4.04. The van der Waals surface area contributed by atoms with Gasteiger partial charge in [0.2, 0.25) is 0 Å². The van der Waals surface area contributed by atoms with E-state index in [1.54, 1.807) is 16.8 Å². The van der Waals surface area contributed by atoms with Crippen LogP contribution in [0.15, 0.2) is 30.5 Å². The first-order chi connectivity index (χ1) is 7.20. The number of hydrogen-bond donors (Lipinski definition) is 1. The van der Waals surface area contributed by atoms with Crippen LogP contribution in [0.2, 0.25) is 5.02 Å². The van der Waals surface area contributed by atoms with Crippen molar-refractivity contribution in [3.05, 3.63) is 46.7 Å². The summed E-state index contributed by atoms with van der Waals surface area (Å²) >= 11 is 5.99. The van der Waals surface area contributed by atoms with E-state index >= 15 is 0 Å². The van der Waals surface area contributed by atoms with Crippen molar-refractivity contribution >= 4 is 11.6 Å². The predicted octanol–water partition coefficient (Wildman–Crippen LogP) is 2.33. The molecule has 0 unspecified atom stereocenters. The molecule has 0 fully saturated rings. The smallest absolute Gasteiger partial charge is 0.0696 e. The number of halogens is 1. The minimum atomic E-state index is -0.0444. The van der Waals surface area contributed by atoms with Crippen molar-refractivity contribution in [2.75, 3.05) is 0 Å². The van der Waals surface area contributed by atoms with Crippen LogP contribution in [-0.4, -0.2) is 14.9 Å². The van der Waals surface area contributed by atoms with Crippen molar-refractivity contribution in [1.29, 1.82) is 0 Å². The molecule has 0 bridgehead atoms. The summed E-state index contributed by atoms with van der Waals surface area (Å²) in [6, 6.07) is 7.39. The average Bonchev–Trinajstić information content (AvgIpc) is 2.65. The maximum atomic E-state index is 8.98. The van der Waals surface area contributed by atoms with Crippen molar-refractivity contribution in [2.45, 2.75) is 13.5 Å². The van der Waals surface area contributed by atoms with Gasteiger partial charge in [-0.1, -0.05) is 17.7 Å². The van der Waals surface area contributed by atoms with E-state index in [4.69, 9.17) is 16.7 Å². The lowest BCUT2D eigenvalue weighted by atomic mass is 10.2. The number of aromatic nitrogens is 2. The van der Waals surface area contributed by atoms with Crippen LogP contribution in [0.3, 0.4) is 0 Å². The molecule has 1 heterocycles. The van der Waals surface area contributed by atoms with Gasteiger partial charge in [-0.2, -0.15) is 5.10 Å². The minimum Gasteiger partial charge on any atom is -0.392 e. The van der Waals surface area contributed by atoms with E-state index in [1.165, 1.54) is 0 Å². The molecule has 3 nitrogen and oxygen atoms in total. The Labute approximate surface area is 92.9 Å². The van der Waals surface area contributed by atoms with Gasteiger partial charge in [-0.15, -0.1) is 0 Å². The zero-order valence-electron chi connectivity index (χ0n) is 8.31. The molecule has 0 aliphatic carbocycles. The lowest BCUT2D eigenvalue weighted by Gasteiger charge is -2.04. The molecule has 2 aromatic rings. The van der Waals surface area contributed by atoms with Crippen molar-refractivity contribution in [3.63, 3.8) is 0 Å². The second-order valence-electron chi connectivity index (χ2n) is 3.34. The van der Waals surface area contributed by atoms with E-state index in [-0.39, 0.29) is 6.61 Å². The number of nitrogens with zero attached hydrogens (tertiary/aromatic N) is 2. The van der Waals surface area contributed by atoms with Crippen LogP contribution >= 0.6 is 11.6 Å². The summed E-state index contributed by atoms with van der Waals surface area (Å²) in [4.78, 5) is 0. The third-order valence-electron chi connectivity index (χ3n) is 2.19. The van der Waals surface area contributed by atoms with E-state index in [0.29, 0.717) is 5.02 Å². The van der Waals surface area contributed by atoms with Crippen LogP contribution < -0.4 is 0 Å². The largest absolute Gasteiger partial charge is 0.392 e. The van der Waals surface area contributed by atoms with Crippen LogP contribution in [0.1, 0.15) is 11.3 Å². The van der Waals surface area contributed by atoms with Gasteiger partial charge >= 0.3 is 0 Å². The third kappa shape index (κ3) is 2.03. The monoisotopic (exact) mass is 222 g/mol. The first-order valence-corrected chi connectivity index (χ1v) is 5.00. The quantitative estimate of drug-likeness (QED) is 0.847. The highest BCUT2D eigenvalue weighted by atomic mass is 35.5. The Balaban J connectivity index is 2.42. The number of hydrogen-bond acceptors (Lipinski definition) is 2. The summed E-state index contributed by atoms with van der Waals surface area (Å²) in [7, 11) is 0. The van der Waals surface area contributed by atoms with Crippen LogP contribution in [0.25, 0.3) is 5.69 Å². The Morgan fingerprint density at radius 3 is 2.73 bits per heavy atom. The van der Waals surface area contributed by atoms with Gasteiger partial charge in [-0.25, -0.2) is 4.68 Å². The lowest BCUT2D eigenvalue weighted by Crippen LogP contribution is -1.96. The molecule has 0 aliphatic rings. The van der Waals surface area contributed by atoms with Crippen molar-refractivity contribution in [1.82, 2.24) is 9.78 Å². The molecule has 2 rings (SSSR count). The van der Waals surface area contributed by atoms with E-state index in [1.807, 2.05) is 25.3 Å². The molecule has 0 saturated heterocycles. The molecule has 0 amide bonds. The summed E-state index contributed by atoms with van der Waals surface area (Å²) in [5.41, 5.74) is 2.58. The summed E-state index contributed by atoms with van der Waals surface area (Å²) in [6.45, 7) is 1.89. The SMILES string of the molecule is Cc1ccn(-c2ccc(CO)c(Cl)c2)n1. The number of benzene rings is 1. The molecule has 1 N–H and O–H groups in total. The van der Waals surface area contributed by atoms with E-state index in [2.05, 4.69) is 5.10 Å². The van der Waals surface area contributed by atoms with Crippen LogP contribution in [0.5, 0.6) is 0 Å². The molecule has 4 heteroatoms. The highest BCUT2D eigenvalue weighted by Gasteiger charge is 2.03. The van der Waals surface area contributed by atoms with E-state index < -0.39 is 0 Å². The number of aliphatic hydroxyl groups is 1. The molecule has 0 spiro atoms. The van der Waals surface area contributed by atoms with Crippen LogP contribution in [0.4, 0.5) is 0 Å². The van der Waals surface area contributed by atoms with Gasteiger partial charge in [-0.05, 0) is 30.7 Å². The van der Waals surface area contributed by atoms with Crippen molar-refractivity contribution in [3.8, 4) is 5.69 Å². The fourth-order valence-corrected chi connectivity index (χ4v) is 1.60. The Kier molecular flexibility index (Phi) is 2.75. The minimum absolute atomic E-state index is 0.0444. The molecule has 1 aromatic heterocycles. The first-order valence-electron chi connectivity index (χ1n) is 4.62. The van der Waals surface area contributed by atoms with Crippen molar-refractivity contribution < 1.29 is 5.11 Å². The van der Waals surface area contributed by atoms with E-state index in [9.17, 15) is 0 Å². The van der Waals surface area contributed by atoms with Crippen LogP contribution in [0, 0.1) is 6.92 Å². The fourth-order valence-electron chi connectivity index (χ4n) is 1.37. The number of rotatable bonds is 2. The Hall–Kier alpha value is -1.32. The zero-order valence-corrected chi connectivity index (χ0v) is 9.07. The van der Waals surface area contributed by atoms with Gasteiger partial charge in [-0.3, -0.25) is 0 Å². The standard InChI is InChI=1S/C11H11ClN2O/c1-8-4-5-14(13-8)10-3-2-9(7-15)11(12)6-10/h2-6,15H,7H2,1H3. The number of aryl methyl sites for hydroxylation is 1. The molecule has 15 heavy (non-hydrogen) atoms. The number of aliphatic hydroxyl groups excluding tert-OH is 1. The molecule has 1 aromatic carbocycles. The summed E-state index contributed by atoms with van der Waals surface area (Å²) in [5, 5.41) is 13.8. The summed E-state index contributed by atoms with van der Waals surface area (Å²) in [5.74, 6) is 0. The highest BCUT2D eigenvalue weighted by molar-refractivity contribution is 6.31. The maximum absolute atomic E-state index is 8.98. The first kappa shape index (κ1) is 10.2. The highest BCUT2D eigenvalue weighted by Crippen LogP contribution is 2.20. The van der Waals surface area contributed by atoms with Gasteiger partial charge < -0.3 is 5.11 Å². The Morgan fingerprint density at radius 2 is 2.20 bits per heavy atom. The summed E-state index contributed by atoms with van der Waals surface area (Å²) in [6.07, 6.45) is 1.87. The van der Waals surface area contributed by atoms with Gasteiger partial charge in [0.05, 0.1) is 18.0 Å². The van der Waals surface area contributed by atoms with Gasteiger partial charge in [0.1, 0.15) is 0 Å². The van der Waals surface area contributed by atoms with E-state index in [0.717, 1.165) is 16.9 Å². The average molecular weight is 223 g/mol. The molecule has 0 atom stereocenters. The second-order valence-corrected chi connectivity index (χ2v) is 3.74. The predicted molar refractivity (Wildman–Crippen MR) is 59.2 cm³/mol. The normalized spacial score (nSPS) is 10.6. The van der Waals surface area contributed by atoms with Crippen LogP contribution in [-0.2, 0) is 6.61 Å². The lowest BCUT2D eigenvalue weighted by molar-refractivity contribution is 0.282.